The molecule has 0 bridgehead atoms. The molecular weight excluding hydrogens is 415 g/mol. The number of ether oxygens (including phenoxy) is 3. The van der Waals surface area contributed by atoms with E-state index in [1.165, 1.54) is 19.1 Å². The number of carbonyl (C=O) groups is 3. The van der Waals surface area contributed by atoms with Crippen molar-refractivity contribution in [1.82, 2.24) is 0 Å². The third-order valence-electron chi connectivity index (χ3n) is 4.49. The van der Waals surface area contributed by atoms with Gasteiger partial charge in [0, 0.05) is 28.7 Å². The topological polar surface area (TPSA) is 78.9 Å². The third-order valence-corrected chi connectivity index (χ3v) is 4.49. The number of halogens is 1. The summed E-state index contributed by atoms with van der Waals surface area (Å²) in [5, 5.41) is 0. The zero-order valence-electron chi connectivity index (χ0n) is 18.1. The van der Waals surface area contributed by atoms with E-state index in [-0.39, 0.29) is 36.0 Å². The first kappa shape index (κ1) is 24.5. The molecule has 32 heavy (non-hydrogen) atoms. The van der Waals surface area contributed by atoms with E-state index in [2.05, 4.69) is 13.2 Å². The van der Waals surface area contributed by atoms with Gasteiger partial charge < -0.3 is 14.2 Å². The SMILES string of the molecule is C=C(C)C(=O)OCC(COC=O)Cc1ccc(-c2ccc(OC(=O)C(=C)C)cc2F)cc1. The average molecular weight is 440 g/mol. The summed E-state index contributed by atoms with van der Waals surface area (Å²) in [4.78, 5) is 33.8. The van der Waals surface area contributed by atoms with Gasteiger partial charge in [-0.05, 0) is 43.5 Å². The van der Waals surface area contributed by atoms with E-state index < -0.39 is 17.8 Å². The Morgan fingerprint density at radius 2 is 1.66 bits per heavy atom. The van der Waals surface area contributed by atoms with Crippen molar-refractivity contribution in [3.8, 4) is 16.9 Å². The predicted molar refractivity (Wildman–Crippen MR) is 117 cm³/mol. The second kappa shape index (κ2) is 11.6. The molecule has 0 aliphatic carbocycles. The second-order valence-corrected chi connectivity index (χ2v) is 7.39. The highest BCUT2D eigenvalue weighted by Crippen LogP contribution is 2.27. The van der Waals surface area contributed by atoms with Gasteiger partial charge in [0.15, 0.2) is 0 Å². The van der Waals surface area contributed by atoms with Gasteiger partial charge in [-0.1, -0.05) is 37.4 Å². The smallest absolute Gasteiger partial charge is 0.338 e. The Morgan fingerprint density at radius 3 is 2.22 bits per heavy atom. The Kier molecular flexibility index (Phi) is 8.89. The Morgan fingerprint density at radius 1 is 1.00 bits per heavy atom. The first-order valence-electron chi connectivity index (χ1n) is 9.85. The molecule has 0 amide bonds. The fourth-order valence-corrected chi connectivity index (χ4v) is 2.80. The van der Waals surface area contributed by atoms with Crippen molar-refractivity contribution in [2.75, 3.05) is 13.2 Å². The van der Waals surface area contributed by atoms with Crippen LogP contribution in [0, 0.1) is 11.7 Å². The fraction of sp³-hybridized carbons (Fsp3) is 0.240. The van der Waals surface area contributed by atoms with Gasteiger partial charge in [0.25, 0.3) is 6.47 Å². The summed E-state index contributed by atoms with van der Waals surface area (Å²) < 4.78 is 29.6. The quantitative estimate of drug-likeness (QED) is 0.223. The van der Waals surface area contributed by atoms with Gasteiger partial charge in [-0.15, -0.1) is 0 Å². The van der Waals surface area contributed by atoms with E-state index in [1.807, 2.05) is 12.1 Å². The number of esters is 2. The maximum Gasteiger partial charge on any atom is 0.338 e. The van der Waals surface area contributed by atoms with Crippen LogP contribution in [-0.4, -0.2) is 31.6 Å². The maximum absolute atomic E-state index is 14.6. The van der Waals surface area contributed by atoms with Crippen LogP contribution in [0.4, 0.5) is 4.39 Å². The van der Waals surface area contributed by atoms with Gasteiger partial charge in [0.2, 0.25) is 0 Å². The molecule has 2 aromatic rings. The Balaban J connectivity index is 2.09. The van der Waals surface area contributed by atoms with Gasteiger partial charge in [-0.3, -0.25) is 4.79 Å². The molecule has 0 saturated heterocycles. The molecule has 0 aromatic heterocycles. The molecule has 0 fully saturated rings. The minimum absolute atomic E-state index is 0.0697. The van der Waals surface area contributed by atoms with E-state index in [4.69, 9.17) is 14.2 Å². The van der Waals surface area contributed by atoms with Crippen molar-refractivity contribution in [1.29, 1.82) is 0 Å². The lowest BCUT2D eigenvalue weighted by atomic mass is 9.97. The molecule has 0 heterocycles. The highest BCUT2D eigenvalue weighted by Gasteiger charge is 2.15. The molecule has 168 valence electrons. The van der Waals surface area contributed by atoms with Crippen LogP contribution < -0.4 is 4.74 Å². The van der Waals surface area contributed by atoms with Crippen LogP contribution in [-0.2, 0) is 30.3 Å². The molecular formula is C25H25FO6. The Bertz CT molecular complexity index is 1010. The molecule has 1 unspecified atom stereocenters. The molecule has 2 rings (SSSR count). The number of hydrogen-bond donors (Lipinski definition) is 0. The molecule has 6 nitrogen and oxygen atoms in total. The van der Waals surface area contributed by atoms with Crippen molar-refractivity contribution in [2.45, 2.75) is 20.3 Å². The monoisotopic (exact) mass is 440 g/mol. The van der Waals surface area contributed by atoms with Crippen molar-refractivity contribution in [2.24, 2.45) is 5.92 Å². The van der Waals surface area contributed by atoms with Crippen molar-refractivity contribution in [3.63, 3.8) is 0 Å². The zero-order valence-corrected chi connectivity index (χ0v) is 18.1. The van der Waals surface area contributed by atoms with E-state index in [0.717, 1.165) is 11.6 Å². The molecule has 1 atom stereocenters. The Hall–Kier alpha value is -3.74. The van der Waals surface area contributed by atoms with Crippen LogP contribution in [0.15, 0.2) is 66.8 Å². The highest BCUT2D eigenvalue weighted by molar-refractivity contribution is 5.89. The van der Waals surface area contributed by atoms with Crippen LogP contribution in [0.5, 0.6) is 5.75 Å². The van der Waals surface area contributed by atoms with Crippen LogP contribution >= 0.6 is 0 Å². The number of rotatable bonds is 11. The number of carbonyl (C=O) groups excluding carboxylic acids is 3. The summed E-state index contributed by atoms with van der Waals surface area (Å²) in [5.74, 6) is -1.81. The van der Waals surface area contributed by atoms with Crippen LogP contribution in [0.1, 0.15) is 19.4 Å². The zero-order chi connectivity index (χ0) is 23.7. The second-order valence-electron chi connectivity index (χ2n) is 7.39. The maximum atomic E-state index is 14.6. The van der Waals surface area contributed by atoms with Crippen molar-refractivity contribution >= 4 is 18.4 Å². The highest BCUT2D eigenvalue weighted by atomic mass is 19.1. The van der Waals surface area contributed by atoms with Gasteiger partial charge >= 0.3 is 11.9 Å². The predicted octanol–water partition coefficient (Wildman–Crippen LogP) is 4.43. The summed E-state index contributed by atoms with van der Waals surface area (Å²) in [6, 6.07) is 11.3. The van der Waals surface area contributed by atoms with E-state index in [1.54, 1.807) is 19.1 Å². The first-order valence-corrected chi connectivity index (χ1v) is 9.85. The van der Waals surface area contributed by atoms with Crippen LogP contribution in [0.25, 0.3) is 11.1 Å². The van der Waals surface area contributed by atoms with E-state index in [0.29, 0.717) is 24.0 Å². The fourth-order valence-electron chi connectivity index (χ4n) is 2.80. The summed E-state index contributed by atoms with van der Waals surface area (Å²) in [7, 11) is 0. The summed E-state index contributed by atoms with van der Waals surface area (Å²) in [6.45, 7) is 10.6. The lowest BCUT2D eigenvalue weighted by molar-refractivity contribution is -0.141. The number of benzene rings is 2. The molecule has 0 aliphatic heterocycles. The molecule has 0 radical (unpaired) electrons. The molecule has 0 saturated carbocycles. The normalized spacial score (nSPS) is 11.2. The third kappa shape index (κ3) is 7.19. The van der Waals surface area contributed by atoms with Gasteiger partial charge in [0.1, 0.15) is 11.6 Å². The molecule has 7 heteroatoms. The summed E-state index contributed by atoms with van der Waals surface area (Å²) in [5.41, 5.74) is 2.39. The minimum atomic E-state index is -0.622. The molecule has 0 N–H and O–H groups in total. The van der Waals surface area contributed by atoms with E-state index in [9.17, 15) is 18.8 Å². The first-order chi connectivity index (χ1) is 15.2. The van der Waals surface area contributed by atoms with Gasteiger partial charge in [-0.2, -0.15) is 0 Å². The van der Waals surface area contributed by atoms with Gasteiger partial charge in [0.05, 0.1) is 13.2 Å². The summed E-state index contributed by atoms with van der Waals surface area (Å²) >= 11 is 0. The Labute approximate surface area is 186 Å². The largest absolute Gasteiger partial charge is 0.467 e. The van der Waals surface area contributed by atoms with Crippen LogP contribution in [0.3, 0.4) is 0 Å². The lowest BCUT2D eigenvalue weighted by Gasteiger charge is -2.16. The molecule has 2 aromatic carbocycles. The van der Waals surface area contributed by atoms with Crippen LogP contribution in [0.2, 0.25) is 0 Å². The lowest BCUT2D eigenvalue weighted by Crippen LogP contribution is -2.21. The average Bonchev–Trinajstić information content (AvgIpc) is 2.76. The number of hydrogen-bond acceptors (Lipinski definition) is 6. The molecule has 0 aliphatic rings. The van der Waals surface area contributed by atoms with Crippen molar-refractivity contribution < 1.29 is 33.0 Å². The minimum Gasteiger partial charge on any atom is -0.467 e. The molecule has 0 spiro atoms. The van der Waals surface area contributed by atoms with Gasteiger partial charge in [-0.25, -0.2) is 14.0 Å². The van der Waals surface area contributed by atoms with E-state index >= 15 is 0 Å². The van der Waals surface area contributed by atoms with Crippen molar-refractivity contribution in [3.05, 3.63) is 78.1 Å². The standard InChI is InChI=1S/C25H25FO6/c1-16(2)24(28)31-14-19(13-30-15-27)11-18-5-7-20(8-6-18)22-10-9-21(12-23(22)26)32-25(29)17(3)4/h5-10,12,15,19H,1,3,11,13-14H2,2,4H3. The summed E-state index contributed by atoms with van der Waals surface area (Å²) in [6.07, 6.45) is 0.482.